The van der Waals surface area contributed by atoms with Crippen LogP contribution < -0.4 is 0 Å². The molecular formula is C9H8BrClO2. The van der Waals surface area contributed by atoms with Crippen molar-refractivity contribution < 1.29 is 9.53 Å². The molecule has 13 heavy (non-hydrogen) atoms. The molecule has 0 heterocycles. The van der Waals surface area contributed by atoms with E-state index in [2.05, 4.69) is 20.7 Å². The zero-order valence-corrected chi connectivity index (χ0v) is 9.30. The minimum atomic E-state index is -0.448. The Hall–Kier alpha value is -0.540. The first kappa shape index (κ1) is 10.5. The number of hydrogen-bond acceptors (Lipinski definition) is 2. The number of rotatable bonds is 2. The third-order valence-electron chi connectivity index (χ3n) is 1.55. The van der Waals surface area contributed by atoms with Crippen LogP contribution in [-0.4, -0.2) is 13.1 Å². The Morgan fingerprint density at radius 3 is 2.85 bits per heavy atom. The number of carbonyl (C=O) groups excluding carboxylic acids is 1. The Kier molecular flexibility index (Phi) is 3.75. The van der Waals surface area contributed by atoms with Gasteiger partial charge in [-0.25, -0.2) is 0 Å². The van der Waals surface area contributed by atoms with Crippen molar-refractivity contribution in [1.82, 2.24) is 0 Å². The summed E-state index contributed by atoms with van der Waals surface area (Å²) in [5.74, 6) is -0.331. The van der Waals surface area contributed by atoms with Crippen molar-refractivity contribution in [2.75, 3.05) is 7.11 Å². The summed E-state index contributed by atoms with van der Waals surface area (Å²) in [6, 6.07) is 7.07. The first-order valence-electron chi connectivity index (χ1n) is 3.62. The first-order valence-corrected chi connectivity index (χ1v) is 4.92. The van der Waals surface area contributed by atoms with Crippen molar-refractivity contribution in [1.29, 1.82) is 0 Å². The second-order valence-electron chi connectivity index (χ2n) is 2.44. The fraction of sp³-hybridized carbons (Fsp3) is 0.222. The Balaban J connectivity index is 2.88. The van der Waals surface area contributed by atoms with Crippen molar-refractivity contribution in [3.63, 3.8) is 0 Å². The molecule has 4 heteroatoms. The van der Waals surface area contributed by atoms with E-state index >= 15 is 0 Å². The van der Waals surface area contributed by atoms with Crippen molar-refractivity contribution in [3.05, 3.63) is 34.9 Å². The van der Waals surface area contributed by atoms with Gasteiger partial charge in [-0.2, -0.15) is 0 Å². The molecule has 0 aliphatic heterocycles. The summed E-state index contributed by atoms with van der Waals surface area (Å²) in [4.78, 5) is 10.7. The molecule has 1 aromatic carbocycles. The lowest BCUT2D eigenvalue weighted by Gasteiger charge is -2.07. The second-order valence-corrected chi connectivity index (χ2v) is 3.79. The Morgan fingerprint density at radius 2 is 2.31 bits per heavy atom. The zero-order valence-electron chi connectivity index (χ0n) is 6.96. The number of benzene rings is 1. The van der Waals surface area contributed by atoms with Gasteiger partial charge in [0.05, 0.1) is 7.11 Å². The van der Waals surface area contributed by atoms with Gasteiger partial charge in [-0.1, -0.05) is 39.7 Å². The van der Waals surface area contributed by atoms with Gasteiger partial charge in [0, 0.05) is 5.02 Å². The zero-order chi connectivity index (χ0) is 9.84. The maximum Gasteiger partial charge on any atom is 0.323 e. The molecular weight excluding hydrogens is 255 g/mol. The molecule has 0 bridgehead atoms. The van der Waals surface area contributed by atoms with E-state index in [1.807, 2.05) is 6.07 Å². The molecule has 0 unspecified atom stereocenters. The SMILES string of the molecule is COC(=O)[C@H](Br)c1cccc(Cl)c1. The van der Waals surface area contributed by atoms with E-state index in [1.165, 1.54) is 7.11 Å². The van der Waals surface area contributed by atoms with Crippen LogP contribution in [0.2, 0.25) is 5.02 Å². The van der Waals surface area contributed by atoms with E-state index in [-0.39, 0.29) is 5.97 Å². The molecule has 1 rings (SSSR count). The highest BCUT2D eigenvalue weighted by atomic mass is 79.9. The van der Waals surface area contributed by atoms with Crippen LogP contribution in [0.3, 0.4) is 0 Å². The minimum Gasteiger partial charge on any atom is -0.468 e. The monoisotopic (exact) mass is 262 g/mol. The van der Waals surface area contributed by atoms with Crippen LogP contribution in [0, 0.1) is 0 Å². The quantitative estimate of drug-likeness (QED) is 0.606. The van der Waals surface area contributed by atoms with Gasteiger partial charge in [0.1, 0.15) is 4.83 Å². The Labute approximate surface area is 90.0 Å². The molecule has 0 aliphatic carbocycles. The summed E-state index contributed by atoms with van der Waals surface area (Å²) in [6.45, 7) is 0. The third kappa shape index (κ3) is 2.71. The van der Waals surface area contributed by atoms with E-state index in [4.69, 9.17) is 11.6 Å². The molecule has 0 radical (unpaired) electrons. The molecule has 0 saturated heterocycles. The van der Waals surface area contributed by atoms with Gasteiger partial charge in [-0.15, -0.1) is 0 Å². The summed E-state index contributed by atoms with van der Waals surface area (Å²) >= 11 is 8.98. The van der Waals surface area contributed by atoms with Crippen LogP contribution in [0.25, 0.3) is 0 Å². The van der Waals surface area contributed by atoms with Gasteiger partial charge < -0.3 is 4.74 Å². The Morgan fingerprint density at radius 1 is 1.62 bits per heavy atom. The van der Waals surface area contributed by atoms with Crippen LogP contribution in [-0.2, 0) is 9.53 Å². The molecule has 1 aromatic rings. The van der Waals surface area contributed by atoms with Gasteiger partial charge in [0.15, 0.2) is 0 Å². The lowest BCUT2D eigenvalue weighted by Crippen LogP contribution is -2.07. The predicted octanol–water partition coefficient (Wildman–Crippen LogP) is 2.95. The average Bonchev–Trinajstić information content (AvgIpc) is 2.15. The molecule has 1 atom stereocenters. The summed E-state index contributed by atoms with van der Waals surface area (Å²) in [5.41, 5.74) is 0.791. The highest BCUT2D eigenvalue weighted by Gasteiger charge is 2.17. The predicted molar refractivity (Wildman–Crippen MR) is 55.1 cm³/mol. The fourth-order valence-corrected chi connectivity index (χ4v) is 1.57. The molecule has 0 aliphatic rings. The number of halogens is 2. The van der Waals surface area contributed by atoms with Gasteiger partial charge in [-0.3, -0.25) is 4.79 Å². The normalized spacial score (nSPS) is 12.2. The van der Waals surface area contributed by atoms with E-state index < -0.39 is 4.83 Å². The summed E-state index contributed by atoms with van der Waals surface area (Å²) in [7, 11) is 1.35. The molecule has 0 spiro atoms. The Bertz CT molecular complexity index is 314. The van der Waals surface area contributed by atoms with E-state index in [0.29, 0.717) is 5.02 Å². The number of hydrogen-bond donors (Lipinski definition) is 0. The van der Waals surface area contributed by atoms with E-state index in [9.17, 15) is 4.79 Å². The van der Waals surface area contributed by atoms with Crippen molar-refractivity contribution in [2.45, 2.75) is 4.83 Å². The minimum absolute atomic E-state index is 0.331. The fourth-order valence-electron chi connectivity index (χ4n) is 0.904. The second kappa shape index (κ2) is 4.63. The van der Waals surface area contributed by atoms with Crippen LogP contribution in [0.4, 0.5) is 0 Å². The maximum atomic E-state index is 11.1. The van der Waals surface area contributed by atoms with Crippen molar-refractivity contribution in [3.8, 4) is 0 Å². The third-order valence-corrected chi connectivity index (χ3v) is 2.69. The number of carbonyl (C=O) groups is 1. The average molecular weight is 264 g/mol. The van der Waals surface area contributed by atoms with Crippen molar-refractivity contribution >= 4 is 33.5 Å². The first-order chi connectivity index (χ1) is 6.15. The van der Waals surface area contributed by atoms with Gasteiger partial charge in [0.2, 0.25) is 0 Å². The topological polar surface area (TPSA) is 26.3 Å². The number of alkyl halides is 1. The summed E-state index contributed by atoms with van der Waals surface area (Å²) in [6.07, 6.45) is 0. The van der Waals surface area contributed by atoms with Gasteiger partial charge in [0.25, 0.3) is 0 Å². The highest BCUT2D eigenvalue weighted by molar-refractivity contribution is 9.09. The number of esters is 1. The molecule has 0 N–H and O–H groups in total. The largest absolute Gasteiger partial charge is 0.468 e. The van der Waals surface area contributed by atoms with Crippen LogP contribution in [0.15, 0.2) is 24.3 Å². The number of ether oxygens (including phenoxy) is 1. The number of methoxy groups -OCH3 is 1. The van der Waals surface area contributed by atoms with Gasteiger partial charge in [-0.05, 0) is 17.7 Å². The van der Waals surface area contributed by atoms with E-state index in [0.717, 1.165) is 5.56 Å². The van der Waals surface area contributed by atoms with Crippen LogP contribution >= 0.6 is 27.5 Å². The smallest absolute Gasteiger partial charge is 0.323 e. The molecule has 2 nitrogen and oxygen atoms in total. The highest BCUT2D eigenvalue weighted by Crippen LogP contribution is 2.25. The lowest BCUT2D eigenvalue weighted by atomic mass is 10.1. The molecule has 0 fully saturated rings. The lowest BCUT2D eigenvalue weighted by molar-refractivity contribution is -0.139. The summed E-state index contributed by atoms with van der Waals surface area (Å²) < 4.78 is 4.58. The molecule has 0 amide bonds. The van der Waals surface area contributed by atoms with Crippen LogP contribution in [0.1, 0.15) is 10.4 Å². The van der Waals surface area contributed by atoms with Crippen LogP contribution in [0.5, 0.6) is 0 Å². The molecule has 0 aromatic heterocycles. The molecule has 0 saturated carbocycles. The van der Waals surface area contributed by atoms with Gasteiger partial charge >= 0.3 is 5.97 Å². The standard InChI is InChI=1S/C9H8BrClO2/c1-13-9(12)8(10)6-3-2-4-7(11)5-6/h2-5,8H,1H3/t8-/m1/s1. The maximum absolute atomic E-state index is 11.1. The van der Waals surface area contributed by atoms with E-state index in [1.54, 1.807) is 18.2 Å². The summed E-state index contributed by atoms with van der Waals surface area (Å²) in [5, 5.41) is 0.603. The van der Waals surface area contributed by atoms with Crippen molar-refractivity contribution in [2.24, 2.45) is 0 Å². The molecule has 70 valence electrons.